The van der Waals surface area contributed by atoms with Gasteiger partial charge in [-0.3, -0.25) is 4.79 Å². The van der Waals surface area contributed by atoms with Gasteiger partial charge in [-0.25, -0.2) is 4.98 Å². The number of carbonyl (C=O) groups excluding carboxylic acids is 1. The van der Waals surface area contributed by atoms with Crippen LogP contribution >= 0.6 is 11.3 Å². The predicted octanol–water partition coefficient (Wildman–Crippen LogP) is 0.630. The molecule has 0 spiro atoms. The van der Waals surface area contributed by atoms with E-state index in [2.05, 4.69) is 10.3 Å². The molecular weight excluding hydrogens is 226 g/mol. The fourth-order valence-electron chi connectivity index (χ4n) is 1.15. The molecule has 16 heavy (non-hydrogen) atoms. The Balaban J connectivity index is 2.68. The van der Waals surface area contributed by atoms with Gasteiger partial charge in [-0.05, 0) is 13.3 Å². The summed E-state index contributed by atoms with van der Waals surface area (Å²) >= 11 is 1.37. The van der Waals surface area contributed by atoms with Gasteiger partial charge in [0, 0.05) is 27.2 Å². The molecule has 1 aromatic rings. The number of hydrogen-bond donors (Lipinski definition) is 2. The van der Waals surface area contributed by atoms with Gasteiger partial charge < -0.3 is 15.3 Å². The van der Waals surface area contributed by atoms with Gasteiger partial charge in [0.05, 0.1) is 5.69 Å². The molecule has 0 saturated heterocycles. The van der Waals surface area contributed by atoms with Crippen molar-refractivity contribution in [2.24, 2.45) is 0 Å². The summed E-state index contributed by atoms with van der Waals surface area (Å²) < 4.78 is 0. The van der Waals surface area contributed by atoms with Crippen molar-refractivity contribution < 1.29 is 9.90 Å². The number of thiazole rings is 1. The maximum absolute atomic E-state index is 11.7. The molecule has 6 heteroatoms. The van der Waals surface area contributed by atoms with Crippen LogP contribution in [0.25, 0.3) is 0 Å². The van der Waals surface area contributed by atoms with Crippen LogP contribution in [0.5, 0.6) is 0 Å². The molecule has 2 N–H and O–H groups in total. The lowest BCUT2D eigenvalue weighted by atomic mass is 10.3. The Kier molecular flexibility index (Phi) is 4.70. The van der Waals surface area contributed by atoms with E-state index in [1.165, 1.54) is 11.3 Å². The van der Waals surface area contributed by atoms with Crippen LogP contribution in [-0.4, -0.2) is 43.2 Å². The van der Waals surface area contributed by atoms with Crippen LogP contribution in [0.15, 0.2) is 0 Å². The minimum absolute atomic E-state index is 0.0882. The summed E-state index contributed by atoms with van der Waals surface area (Å²) in [6, 6.07) is 0. The first-order valence-electron chi connectivity index (χ1n) is 5.10. The Morgan fingerprint density at radius 3 is 2.75 bits per heavy atom. The minimum atomic E-state index is -0.114. The van der Waals surface area contributed by atoms with Gasteiger partial charge in [-0.15, -0.1) is 0 Å². The summed E-state index contributed by atoms with van der Waals surface area (Å²) in [6.45, 7) is 2.40. The number of aryl methyl sites for hydroxylation is 1. The molecule has 1 aromatic heterocycles. The normalized spacial score (nSPS) is 10.2. The molecule has 0 bridgehead atoms. The Morgan fingerprint density at radius 2 is 2.25 bits per heavy atom. The number of aliphatic hydroxyl groups excluding tert-OH is 1. The molecule has 1 heterocycles. The summed E-state index contributed by atoms with van der Waals surface area (Å²) in [5, 5.41) is 12.2. The van der Waals surface area contributed by atoms with E-state index < -0.39 is 0 Å². The van der Waals surface area contributed by atoms with Crippen LogP contribution in [0, 0.1) is 6.92 Å². The van der Waals surface area contributed by atoms with Crippen molar-refractivity contribution in [1.82, 2.24) is 10.3 Å². The fraction of sp³-hybridized carbons (Fsp3) is 0.600. The number of anilines is 1. The molecule has 0 unspecified atom stereocenters. The van der Waals surface area contributed by atoms with E-state index in [-0.39, 0.29) is 12.5 Å². The monoisotopic (exact) mass is 243 g/mol. The van der Waals surface area contributed by atoms with Crippen molar-refractivity contribution in [2.75, 3.05) is 32.1 Å². The average Bonchev–Trinajstić information content (AvgIpc) is 2.61. The first kappa shape index (κ1) is 12.9. The molecule has 0 aliphatic heterocycles. The third-order valence-corrected chi connectivity index (χ3v) is 3.32. The van der Waals surface area contributed by atoms with Gasteiger partial charge in [0.15, 0.2) is 5.13 Å². The second-order valence-corrected chi connectivity index (χ2v) is 4.62. The maximum atomic E-state index is 11.7. The number of nitrogens with one attached hydrogen (secondary N) is 1. The number of rotatable bonds is 5. The lowest BCUT2D eigenvalue weighted by Crippen LogP contribution is -2.24. The van der Waals surface area contributed by atoms with Crippen LogP contribution < -0.4 is 10.2 Å². The summed E-state index contributed by atoms with van der Waals surface area (Å²) in [6.07, 6.45) is 0.574. The molecule has 0 aliphatic rings. The standard InChI is InChI=1S/C10H17N3O2S/c1-7-8(9(15)11-5-4-6-14)16-10(12-7)13(2)3/h14H,4-6H2,1-3H3,(H,11,15). The van der Waals surface area contributed by atoms with Gasteiger partial charge in [0.2, 0.25) is 0 Å². The zero-order chi connectivity index (χ0) is 12.1. The van der Waals surface area contributed by atoms with Crippen molar-refractivity contribution >= 4 is 22.4 Å². The van der Waals surface area contributed by atoms with E-state index in [4.69, 9.17) is 5.11 Å². The topological polar surface area (TPSA) is 65.5 Å². The van der Waals surface area contributed by atoms with E-state index in [9.17, 15) is 4.79 Å². The van der Waals surface area contributed by atoms with Crippen molar-refractivity contribution in [3.05, 3.63) is 10.6 Å². The van der Waals surface area contributed by atoms with Crippen molar-refractivity contribution in [3.63, 3.8) is 0 Å². The molecule has 0 atom stereocenters. The Morgan fingerprint density at radius 1 is 1.56 bits per heavy atom. The number of aromatic nitrogens is 1. The smallest absolute Gasteiger partial charge is 0.263 e. The van der Waals surface area contributed by atoms with Crippen LogP contribution in [0.3, 0.4) is 0 Å². The van der Waals surface area contributed by atoms with E-state index in [1.807, 2.05) is 25.9 Å². The van der Waals surface area contributed by atoms with Crippen LogP contribution in [-0.2, 0) is 0 Å². The van der Waals surface area contributed by atoms with Crippen LogP contribution in [0.4, 0.5) is 5.13 Å². The largest absolute Gasteiger partial charge is 0.396 e. The van der Waals surface area contributed by atoms with Crippen LogP contribution in [0.2, 0.25) is 0 Å². The van der Waals surface area contributed by atoms with Crippen LogP contribution in [0.1, 0.15) is 21.8 Å². The summed E-state index contributed by atoms with van der Waals surface area (Å²) in [7, 11) is 3.79. The Bertz CT molecular complexity index is 363. The molecule has 0 fully saturated rings. The lowest BCUT2D eigenvalue weighted by Gasteiger charge is -2.05. The Labute approximate surface area is 99.1 Å². The highest BCUT2D eigenvalue weighted by Crippen LogP contribution is 2.24. The van der Waals surface area contributed by atoms with Crippen molar-refractivity contribution in [1.29, 1.82) is 0 Å². The number of nitrogens with zero attached hydrogens (tertiary/aromatic N) is 2. The molecule has 0 radical (unpaired) electrons. The second kappa shape index (κ2) is 5.81. The minimum Gasteiger partial charge on any atom is -0.396 e. The fourth-order valence-corrected chi connectivity index (χ4v) is 2.05. The average molecular weight is 243 g/mol. The summed E-state index contributed by atoms with van der Waals surface area (Å²) in [5.74, 6) is -0.114. The van der Waals surface area contributed by atoms with E-state index in [1.54, 1.807) is 0 Å². The van der Waals surface area contributed by atoms with E-state index in [0.717, 1.165) is 10.8 Å². The molecule has 5 nitrogen and oxygen atoms in total. The number of hydrogen-bond acceptors (Lipinski definition) is 5. The number of amides is 1. The number of carbonyl (C=O) groups is 1. The molecule has 90 valence electrons. The molecule has 0 aliphatic carbocycles. The Hall–Kier alpha value is -1.14. The highest BCUT2D eigenvalue weighted by Gasteiger charge is 2.15. The molecule has 0 aromatic carbocycles. The van der Waals surface area contributed by atoms with Gasteiger partial charge in [0.25, 0.3) is 5.91 Å². The van der Waals surface area contributed by atoms with Gasteiger partial charge in [-0.2, -0.15) is 0 Å². The zero-order valence-electron chi connectivity index (χ0n) is 9.78. The summed E-state index contributed by atoms with van der Waals surface area (Å²) in [4.78, 5) is 18.5. The third-order valence-electron chi connectivity index (χ3n) is 1.99. The van der Waals surface area contributed by atoms with Gasteiger partial charge in [0.1, 0.15) is 4.88 Å². The first-order valence-corrected chi connectivity index (χ1v) is 5.91. The second-order valence-electron chi connectivity index (χ2n) is 3.64. The quantitative estimate of drug-likeness (QED) is 0.744. The van der Waals surface area contributed by atoms with Crippen molar-refractivity contribution in [3.8, 4) is 0 Å². The van der Waals surface area contributed by atoms with Crippen molar-refractivity contribution in [2.45, 2.75) is 13.3 Å². The third kappa shape index (κ3) is 3.18. The lowest BCUT2D eigenvalue weighted by molar-refractivity contribution is 0.0954. The van der Waals surface area contributed by atoms with E-state index >= 15 is 0 Å². The maximum Gasteiger partial charge on any atom is 0.263 e. The SMILES string of the molecule is Cc1nc(N(C)C)sc1C(=O)NCCCO. The summed E-state index contributed by atoms with van der Waals surface area (Å²) in [5.41, 5.74) is 0.746. The molecule has 1 rings (SSSR count). The zero-order valence-corrected chi connectivity index (χ0v) is 10.6. The van der Waals surface area contributed by atoms with E-state index in [0.29, 0.717) is 17.8 Å². The molecular formula is C10H17N3O2S. The molecule has 1 amide bonds. The van der Waals surface area contributed by atoms with Gasteiger partial charge >= 0.3 is 0 Å². The molecule has 0 saturated carbocycles. The number of aliphatic hydroxyl groups is 1. The highest BCUT2D eigenvalue weighted by molar-refractivity contribution is 7.17. The first-order chi connectivity index (χ1) is 7.56. The highest BCUT2D eigenvalue weighted by atomic mass is 32.1. The predicted molar refractivity (Wildman–Crippen MR) is 65.2 cm³/mol. The van der Waals surface area contributed by atoms with Gasteiger partial charge in [-0.1, -0.05) is 11.3 Å².